The van der Waals surface area contributed by atoms with Gasteiger partial charge in [0.15, 0.2) is 0 Å². The van der Waals surface area contributed by atoms with Crippen LogP contribution in [0.25, 0.3) is 10.1 Å². The van der Waals surface area contributed by atoms with Gasteiger partial charge in [-0.25, -0.2) is 0 Å². The topological polar surface area (TPSA) is 26.0 Å². The van der Waals surface area contributed by atoms with E-state index in [2.05, 4.69) is 32.0 Å². The largest absolute Gasteiger partial charge is 0.323 e. The van der Waals surface area contributed by atoms with Gasteiger partial charge in [0.1, 0.15) is 0 Å². The van der Waals surface area contributed by atoms with Gasteiger partial charge in [0.25, 0.3) is 0 Å². The van der Waals surface area contributed by atoms with Crippen LogP contribution in [0.2, 0.25) is 0 Å². The van der Waals surface area contributed by atoms with Crippen molar-refractivity contribution >= 4 is 21.4 Å². The number of thiophene rings is 1. The Bertz CT molecular complexity index is 468. The number of rotatable bonds is 1. The van der Waals surface area contributed by atoms with Crippen LogP contribution in [0.5, 0.6) is 0 Å². The molecule has 1 aromatic heterocycles. The third kappa shape index (κ3) is 1.45. The first-order valence-electron chi connectivity index (χ1n) is 4.85. The molecule has 1 aromatic carbocycles. The Morgan fingerprint density at radius 1 is 1.29 bits per heavy atom. The summed E-state index contributed by atoms with van der Waals surface area (Å²) in [4.78, 5) is 1.31. The molecule has 0 saturated heterocycles. The molecular formula is C12H15NS. The van der Waals surface area contributed by atoms with Crippen molar-refractivity contribution in [3.8, 4) is 0 Å². The van der Waals surface area contributed by atoms with Gasteiger partial charge < -0.3 is 5.73 Å². The number of benzene rings is 1. The van der Waals surface area contributed by atoms with E-state index in [1.165, 1.54) is 26.1 Å². The minimum absolute atomic E-state index is 0.146. The molecule has 14 heavy (non-hydrogen) atoms. The van der Waals surface area contributed by atoms with Gasteiger partial charge in [-0.2, -0.15) is 0 Å². The second kappa shape index (κ2) is 3.37. The molecule has 0 bridgehead atoms. The highest BCUT2D eigenvalue weighted by Gasteiger charge is 2.10. The summed E-state index contributed by atoms with van der Waals surface area (Å²) in [5.41, 5.74) is 8.59. The average Bonchev–Trinajstić information content (AvgIpc) is 2.44. The van der Waals surface area contributed by atoms with Crippen molar-refractivity contribution < 1.29 is 0 Å². The molecule has 2 heteroatoms. The number of hydrogen-bond donors (Lipinski definition) is 1. The molecule has 0 radical (unpaired) electrons. The summed E-state index contributed by atoms with van der Waals surface area (Å²) in [5.74, 6) is 0. The average molecular weight is 205 g/mol. The summed E-state index contributed by atoms with van der Waals surface area (Å²) in [6.45, 7) is 6.34. The molecular weight excluding hydrogens is 190 g/mol. The fourth-order valence-corrected chi connectivity index (χ4v) is 2.93. The molecule has 2 rings (SSSR count). The van der Waals surface area contributed by atoms with Crippen molar-refractivity contribution in [1.82, 2.24) is 0 Å². The lowest BCUT2D eigenvalue weighted by atomic mass is 10.1. The van der Waals surface area contributed by atoms with Crippen molar-refractivity contribution in [3.63, 3.8) is 0 Å². The van der Waals surface area contributed by atoms with Crippen LogP contribution in [-0.2, 0) is 0 Å². The summed E-state index contributed by atoms with van der Waals surface area (Å²) >= 11 is 1.82. The van der Waals surface area contributed by atoms with Gasteiger partial charge in [0.05, 0.1) is 0 Å². The highest BCUT2D eigenvalue weighted by atomic mass is 32.1. The molecule has 2 aromatic rings. The van der Waals surface area contributed by atoms with Gasteiger partial charge in [-0.15, -0.1) is 11.3 Å². The molecule has 0 aliphatic carbocycles. The maximum atomic E-state index is 5.93. The number of nitrogens with two attached hydrogens (primary N) is 1. The van der Waals surface area contributed by atoms with Crippen LogP contribution in [0.15, 0.2) is 18.2 Å². The minimum Gasteiger partial charge on any atom is -0.323 e. The summed E-state index contributed by atoms with van der Waals surface area (Å²) in [6.07, 6.45) is 0. The van der Waals surface area contributed by atoms with E-state index in [9.17, 15) is 0 Å². The van der Waals surface area contributed by atoms with Crippen LogP contribution in [-0.4, -0.2) is 0 Å². The Morgan fingerprint density at radius 3 is 2.64 bits per heavy atom. The minimum atomic E-state index is 0.146. The lowest BCUT2D eigenvalue weighted by molar-refractivity contribution is 0.832. The molecule has 1 atom stereocenters. The van der Waals surface area contributed by atoms with Crippen LogP contribution < -0.4 is 5.73 Å². The van der Waals surface area contributed by atoms with E-state index in [1.54, 1.807) is 0 Å². The van der Waals surface area contributed by atoms with Gasteiger partial charge in [-0.3, -0.25) is 0 Å². The van der Waals surface area contributed by atoms with E-state index in [4.69, 9.17) is 5.73 Å². The Morgan fingerprint density at radius 2 is 2.00 bits per heavy atom. The van der Waals surface area contributed by atoms with Gasteiger partial charge in [-0.05, 0) is 37.8 Å². The number of hydrogen-bond acceptors (Lipinski definition) is 2. The lowest BCUT2D eigenvalue weighted by Crippen LogP contribution is -2.03. The smallest absolute Gasteiger partial charge is 0.0364 e. The maximum absolute atomic E-state index is 5.93. The number of fused-ring (bicyclic) bond motifs is 1. The van der Waals surface area contributed by atoms with Gasteiger partial charge in [0.2, 0.25) is 0 Å². The zero-order chi connectivity index (χ0) is 10.3. The number of aryl methyl sites for hydroxylation is 2. The van der Waals surface area contributed by atoms with E-state index in [0.717, 1.165) is 0 Å². The Kier molecular flexibility index (Phi) is 2.33. The highest BCUT2D eigenvalue weighted by Crippen LogP contribution is 2.34. The molecule has 0 amide bonds. The quantitative estimate of drug-likeness (QED) is 0.757. The predicted octanol–water partition coefficient (Wildman–Crippen LogP) is 3.54. The zero-order valence-corrected chi connectivity index (χ0v) is 9.61. The predicted molar refractivity (Wildman–Crippen MR) is 63.9 cm³/mol. The van der Waals surface area contributed by atoms with E-state index >= 15 is 0 Å². The first-order valence-corrected chi connectivity index (χ1v) is 5.66. The van der Waals surface area contributed by atoms with E-state index in [0.29, 0.717) is 0 Å². The first-order chi connectivity index (χ1) is 6.59. The molecule has 1 heterocycles. The summed E-state index contributed by atoms with van der Waals surface area (Å²) in [5, 5.41) is 1.36. The molecule has 0 saturated carbocycles. The summed E-state index contributed by atoms with van der Waals surface area (Å²) < 4.78 is 1.35. The molecule has 0 aliphatic rings. The third-order valence-corrected chi connectivity index (χ3v) is 4.02. The van der Waals surface area contributed by atoms with E-state index in [1.807, 2.05) is 18.3 Å². The Balaban J connectivity index is 2.74. The van der Waals surface area contributed by atoms with Crippen molar-refractivity contribution in [2.45, 2.75) is 26.8 Å². The van der Waals surface area contributed by atoms with Gasteiger partial charge in [0, 0.05) is 15.6 Å². The SMILES string of the molecule is Cc1ccc2sc(C(C)N)c(C)c2c1. The second-order valence-electron chi connectivity index (χ2n) is 3.88. The highest BCUT2D eigenvalue weighted by molar-refractivity contribution is 7.19. The summed E-state index contributed by atoms with van der Waals surface area (Å²) in [7, 11) is 0. The standard InChI is InChI=1S/C12H15NS/c1-7-4-5-11-10(6-7)8(2)12(14-11)9(3)13/h4-6,9H,13H2,1-3H3. The van der Waals surface area contributed by atoms with Crippen LogP contribution in [0.3, 0.4) is 0 Å². The van der Waals surface area contributed by atoms with Crippen LogP contribution in [0, 0.1) is 13.8 Å². The Labute approximate surface area is 88.6 Å². The van der Waals surface area contributed by atoms with Gasteiger partial charge >= 0.3 is 0 Å². The second-order valence-corrected chi connectivity index (χ2v) is 4.96. The van der Waals surface area contributed by atoms with Crippen LogP contribution in [0.4, 0.5) is 0 Å². The van der Waals surface area contributed by atoms with E-state index in [-0.39, 0.29) is 6.04 Å². The first kappa shape index (κ1) is 9.69. The van der Waals surface area contributed by atoms with Crippen molar-refractivity contribution in [1.29, 1.82) is 0 Å². The molecule has 74 valence electrons. The summed E-state index contributed by atoms with van der Waals surface area (Å²) in [6, 6.07) is 6.73. The molecule has 2 N–H and O–H groups in total. The van der Waals surface area contributed by atoms with Crippen molar-refractivity contribution in [2.75, 3.05) is 0 Å². The van der Waals surface area contributed by atoms with Gasteiger partial charge in [-0.1, -0.05) is 17.7 Å². The fraction of sp³-hybridized carbons (Fsp3) is 0.333. The lowest BCUT2D eigenvalue weighted by Gasteiger charge is -2.02. The molecule has 0 spiro atoms. The fourth-order valence-electron chi connectivity index (χ4n) is 1.79. The zero-order valence-electron chi connectivity index (χ0n) is 8.79. The normalized spacial score (nSPS) is 13.4. The molecule has 0 aliphatic heterocycles. The monoisotopic (exact) mass is 205 g/mol. The van der Waals surface area contributed by atoms with Crippen molar-refractivity contribution in [3.05, 3.63) is 34.2 Å². The van der Waals surface area contributed by atoms with Crippen LogP contribution >= 0.6 is 11.3 Å². The molecule has 1 nitrogen and oxygen atoms in total. The molecule has 1 unspecified atom stereocenters. The van der Waals surface area contributed by atoms with E-state index < -0.39 is 0 Å². The van der Waals surface area contributed by atoms with Crippen LogP contribution in [0.1, 0.15) is 29.0 Å². The third-order valence-electron chi connectivity index (χ3n) is 2.54. The van der Waals surface area contributed by atoms with Crippen molar-refractivity contribution in [2.24, 2.45) is 5.73 Å². The maximum Gasteiger partial charge on any atom is 0.0364 e. The Hall–Kier alpha value is -0.860. The molecule has 0 fully saturated rings.